The Morgan fingerprint density at radius 1 is 1.65 bits per heavy atom. The number of hydrogen-bond acceptors (Lipinski definition) is 5. The molecule has 0 spiro atoms. The number of thiophene rings is 1. The van der Waals surface area contributed by atoms with Crippen molar-refractivity contribution < 1.29 is 9.53 Å². The number of imidazole rings is 1. The van der Waals surface area contributed by atoms with Crippen molar-refractivity contribution in [2.24, 2.45) is 7.05 Å². The highest BCUT2D eigenvalue weighted by atomic mass is 35.5. The van der Waals surface area contributed by atoms with Crippen molar-refractivity contribution in [3.63, 3.8) is 0 Å². The van der Waals surface area contributed by atoms with Crippen molar-refractivity contribution in [2.75, 3.05) is 5.75 Å². The maximum atomic E-state index is 12.2. The van der Waals surface area contributed by atoms with Crippen molar-refractivity contribution in [1.82, 2.24) is 9.55 Å². The van der Waals surface area contributed by atoms with E-state index in [2.05, 4.69) is 4.98 Å². The number of ether oxygens (including phenoxy) is 1. The first-order valence-corrected chi connectivity index (χ1v) is 8.48. The lowest BCUT2D eigenvalue weighted by Gasteiger charge is -2.20. The van der Waals surface area contributed by atoms with E-state index in [0.717, 1.165) is 17.7 Å². The topological polar surface area (TPSA) is 44.1 Å². The molecule has 2 aromatic heterocycles. The van der Waals surface area contributed by atoms with Crippen LogP contribution in [0.3, 0.4) is 0 Å². The summed E-state index contributed by atoms with van der Waals surface area (Å²) in [7, 11) is 1.80. The Bertz CT molecular complexity index is 638. The molecule has 0 bridgehead atoms. The molecule has 0 radical (unpaired) electrons. The van der Waals surface area contributed by atoms with E-state index in [0.29, 0.717) is 11.0 Å². The zero-order chi connectivity index (χ0) is 14.1. The SMILES string of the molecule is Cn1c(Cl)cnc1COC(=O)C1SCCc2sccc21. The van der Waals surface area contributed by atoms with Crippen LogP contribution in [-0.4, -0.2) is 21.3 Å². The van der Waals surface area contributed by atoms with Gasteiger partial charge >= 0.3 is 5.97 Å². The van der Waals surface area contributed by atoms with Crippen LogP contribution in [0.25, 0.3) is 0 Å². The van der Waals surface area contributed by atoms with Gasteiger partial charge in [-0.1, -0.05) is 11.6 Å². The van der Waals surface area contributed by atoms with Crippen molar-refractivity contribution >= 4 is 40.7 Å². The maximum absolute atomic E-state index is 12.2. The van der Waals surface area contributed by atoms with Gasteiger partial charge in [0.05, 0.1) is 6.20 Å². The Kier molecular flexibility index (Phi) is 4.05. The van der Waals surface area contributed by atoms with Crippen molar-refractivity contribution in [1.29, 1.82) is 0 Å². The van der Waals surface area contributed by atoms with Crippen LogP contribution in [-0.2, 0) is 29.6 Å². The normalized spacial score (nSPS) is 17.8. The number of rotatable bonds is 3. The molecular weight excluding hydrogens is 316 g/mol. The third kappa shape index (κ3) is 2.60. The van der Waals surface area contributed by atoms with Gasteiger partial charge in [0, 0.05) is 11.9 Å². The van der Waals surface area contributed by atoms with Gasteiger partial charge in [-0.3, -0.25) is 4.79 Å². The largest absolute Gasteiger partial charge is 0.456 e. The van der Waals surface area contributed by atoms with E-state index in [9.17, 15) is 4.79 Å². The predicted molar refractivity (Wildman–Crippen MR) is 81.2 cm³/mol. The molecule has 1 atom stereocenters. The molecule has 2 aromatic rings. The van der Waals surface area contributed by atoms with Crippen molar-refractivity contribution in [2.45, 2.75) is 18.3 Å². The van der Waals surface area contributed by atoms with Crippen LogP contribution in [0, 0.1) is 0 Å². The molecular formula is C13H13ClN2O2S2. The molecule has 0 fully saturated rings. The van der Waals surface area contributed by atoms with Gasteiger partial charge in [0.15, 0.2) is 0 Å². The van der Waals surface area contributed by atoms with E-state index < -0.39 is 0 Å². The van der Waals surface area contributed by atoms with Gasteiger partial charge in [0.1, 0.15) is 22.8 Å². The minimum absolute atomic E-state index is 0.151. The number of hydrogen-bond donors (Lipinski definition) is 0. The number of aromatic nitrogens is 2. The van der Waals surface area contributed by atoms with E-state index in [-0.39, 0.29) is 17.8 Å². The molecule has 0 saturated carbocycles. The lowest BCUT2D eigenvalue weighted by Crippen LogP contribution is -2.18. The Hall–Kier alpha value is -0.980. The zero-order valence-electron chi connectivity index (χ0n) is 10.8. The van der Waals surface area contributed by atoms with Crippen LogP contribution in [0.15, 0.2) is 17.6 Å². The first-order valence-electron chi connectivity index (χ1n) is 6.17. The highest BCUT2D eigenvalue weighted by molar-refractivity contribution is 8.00. The summed E-state index contributed by atoms with van der Waals surface area (Å²) in [6.07, 6.45) is 2.59. The van der Waals surface area contributed by atoms with Crippen LogP contribution in [0.4, 0.5) is 0 Å². The van der Waals surface area contributed by atoms with E-state index in [1.807, 2.05) is 11.4 Å². The fraction of sp³-hybridized carbons (Fsp3) is 0.385. The fourth-order valence-electron chi connectivity index (χ4n) is 2.11. The van der Waals surface area contributed by atoms with E-state index in [1.54, 1.807) is 40.9 Å². The van der Waals surface area contributed by atoms with E-state index >= 15 is 0 Å². The van der Waals surface area contributed by atoms with Crippen LogP contribution in [0.5, 0.6) is 0 Å². The molecule has 4 nitrogen and oxygen atoms in total. The third-order valence-corrected chi connectivity index (χ3v) is 5.83. The summed E-state index contributed by atoms with van der Waals surface area (Å²) in [4.78, 5) is 17.7. The van der Waals surface area contributed by atoms with Gasteiger partial charge in [0.25, 0.3) is 0 Å². The molecule has 3 heterocycles. The molecule has 20 heavy (non-hydrogen) atoms. The Labute approximate surface area is 130 Å². The van der Waals surface area contributed by atoms with Crippen LogP contribution < -0.4 is 0 Å². The van der Waals surface area contributed by atoms with Crippen LogP contribution in [0.2, 0.25) is 5.15 Å². The lowest BCUT2D eigenvalue weighted by molar-refractivity contribution is -0.144. The van der Waals surface area contributed by atoms with Crippen LogP contribution in [0.1, 0.15) is 21.5 Å². The number of carbonyl (C=O) groups is 1. The molecule has 1 unspecified atom stereocenters. The highest BCUT2D eigenvalue weighted by Crippen LogP contribution is 2.40. The van der Waals surface area contributed by atoms with Crippen molar-refractivity contribution in [3.8, 4) is 0 Å². The molecule has 1 aliphatic heterocycles. The minimum atomic E-state index is -0.208. The molecule has 3 rings (SSSR count). The number of nitrogens with zero attached hydrogens (tertiary/aromatic N) is 2. The molecule has 0 saturated heterocycles. The molecule has 0 aliphatic carbocycles. The van der Waals surface area contributed by atoms with Gasteiger partial charge in [0.2, 0.25) is 0 Å². The van der Waals surface area contributed by atoms with Gasteiger partial charge in [-0.25, -0.2) is 4.98 Å². The molecule has 106 valence electrons. The standard InChI is InChI=1S/C13H13ClN2O2S2/c1-16-10(14)6-15-11(16)7-18-13(17)12-8-2-4-19-9(8)3-5-20-12/h2,4,6,12H,3,5,7H2,1H3. The number of fused-ring (bicyclic) bond motifs is 1. The Balaban J connectivity index is 1.68. The first-order chi connectivity index (χ1) is 9.66. The summed E-state index contributed by atoms with van der Waals surface area (Å²) < 4.78 is 7.10. The average Bonchev–Trinajstić information content (AvgIpc) is 3.04. The summed E-state index contributed by atoms with van der Waals surface area (Å²) >= 11 is 9.26. The summed E-state index contributed by atoms with van der Waals surface area (Å²) in [5, 5.41) is 2.36. The highest BCUT2D eigenvalue weighted by Gasteiger charge is 2.29. The summed E-state index contributed by atoms with van der Waals surface area (Å²) in [5.41, 5.74) is 1.11. The molecule has 1 aliphatic rings. The van der Waals surface area contributed by atoms with E-state index in [4.69, 9.17) is 16.3 Å². The van der Waals surface area contributed by atoms with Gasteiger partial charge in [-0.05, 0) is 29.2 Å². The average molecular weight is 329 g/mol. The maximum Gasteiger partial charge on any atom is 0.324 e. The van der Waals surface area contributed by atoms with Crippen molar-refractivity contribution in [3.05, 3.63) is 39.1 Å². The second-order valence-electron chi connectivity index (χ2n) is 4.46. The Morgan fingerprint density at radius 3 is 3.25 bits per heavy atom. The number of halogens is 1. The molecule has 7 heteroatoms. The number of esters is 1. The lowest BCUT2D eigenvalue weighted by atomic mass is 10.1. The smallest absolute Gasteiger partial charge is 0.324 e. The second kappa shape index (κ2) is 5.79. The minimum Gasteiger partial charge on any atom is -0.456 e. The predicted octanol–water partition coefficient (Wildman–Crippen LogP) is 3.21. The Morgan fingerprint density at radius 2 is 2.50 bits per heavy atom. The van der Waals surface area contributed by atoms with E-state index in [1.165, 1.54) is 4.88 Å². The monoisotopic (exact) mass is 328 g/mol. The zero-order valence-corrected chi connectivity index (χ0v) is 13.2. The third-order valence-electron chi connectivity index (χ3n) is 3.26. The number of thioether (sulfide) groups is 1. The first kappa shape index (κ1) is 14.0. The molecule has 0 N–H and O–H groups in total. The quantitative estimate of drug-likeness (QED) is 0.812. The van der Waals surface area contributed by atoms with Gasteiger partial charge in [-0.15, -0.1) is 23.1 Å². The number of carbonyl (C=O) groups excluding carboxylic acids is 1. The summed E-state index contributed by atoms with van der Waals surface area (Å²) in [5.74, 6) is 1.41. The van der Waals surface area contributed by atoms with Gasteiger partial charge in [-0.2, -0.15) is 0 Å². The fourth-order valence-corrected chi connectivity index (χ4v) is 4.54. The molecule has 0 amide bonds. The summed E-state index contributed by atoms with van der Waals surface area (Å²) in [6.45, 7) is 0.151. The second-order valence-corrected chi connectivity index (χ2v) is 7.06. The van der Waals surface area contributed by atoms with Crippen LogP contribution >= 0.6 is 34.7 Å². The van der Waals surface area contributed by atoms with Gasteiger partial charge < -0.3 is 9.30 Å². The molecule has 0 aromatic carbocycles. The summed E-state index contributed by atoms with van der Waals surface area (Å²) in [6, 6.07) is 2.02. The number of aryl methyl sites for hydroxylation is 1.